The maximum absolute atomic E-state index is 8.87. The van der Waals surface area contributed by atoms with Gasteiger partial charge in [0.25, 0.3) is 0 Å². The van der Waals surface area contributed by atoms with Gasteiger partial charge >= 0.3 is 0 Å². The van der Waals surface area contributed by atoms with Gasteiger partial charge in [0, 0.05) is 31.1 Å². The van der Waals surface area contributed by atoms with Gasteiger partial charge in [0.1, 0.15) is 0 Å². The second-order valence-corrected chi connectivity index (χ2v) is 7.70. The zero-order valence-corrected chi connectivity index (χ0v) is 15.2. The molecule has 0 radical (unpaired) electrons. The van der Waals surface area contributed by atoms with Gasteiger partial charge in [-0.3, -0.25) is 4.90 Å². The summed E-state index contributed by atoms with van der Waals surface area (Å²) in [5, 5.41) is 8.87. The average Bonchev–Trinajstić information content (AvgIpc) is 3.18. The van der Waals surface area contributed by atoms with Crippen LogP contribution in [0.5, 0.6) is 0 Å². The molecule has 1 saturated heterocycles. The molecule has 24 heavy (non-hydrogen) atoms. The lowest BCUT2D eigenvalue weighted by atomic mass is 10.1. The molecule has 126 valence electrons. The molecule has 1 fully saturated rings. The van der Waals surface area contributed by atoms with Crippen LogP contribution in [0.4, 0.5) is 0 Å². The van der Waals surface area contributed by atoms with E-state index in [0.29, 0.717) is 0 Å². The van der Waals surface area contributed by atoms with Crippen molar-refractivity contribution in [1.82, 2.24) is 14.8 Å². The predicted octanol–water partition coefficient (Wildman–Crippen LogP) is 3.28. The van der Waals surface area contributed by atoms with Crippen molar-refractivity contribution in [2.75, 3.05) is 26.7 Å². The van der Waals surface area contributed by atoms with Crippen LogP contribution in [-0.2, 0) is 13.1 Å². The van der Waals surface area contributed by atoms with Crippen molar-refractivity contribution in [3.63, 3.8) is 0 Å². The lowest BCUT2D eigenvalue weighted by Gasteiger charge is -2.21. The highest BCUT2D eigenvalue weighted by Gasteiger charge is 2.23. The highest BCUT2D eigenvalue weighted by Crippen LogP contribution is 2.21. The summed E-state index contributed by atoms with van der Waals surface area (Å²) in [6, 6.07) is 10.1. The molecular formula is C19H24N4S. The fraction of sp³-hybridized carbons (Fsp3) is 0.474. The van der Waals surface area contributed by atoms with Gasteiger partial charge in [-0.15, -0.1) is 11.3 Å². The first kappa shape index (κ1) is 17.1. The van der Waals surface area contributed by atoms with Crippen molar-refractivity contribution in [3.05, 3.63) is 51.5 Å². The van der Waals surface area contributed by atoms with E-state index >= 15 is 0 Å². The van der Waals surface area contributed by atoms with Gasteiger partial charge in [-0.25, -0.2) is 4.98 Å². The molecule has 3 rings (SSSR count). The molecule has 0 saturated carbocycles. The van der Waals surface area contributed by atoms with Crippen LogP contribution in [0.25, 0.3) is 0 Å². The van der Waals surface area contributed by atoms with E-state index in [4.69, 9.17) is 5.26 Å². The number of rotatable bonds is 6. The SMILES string of the molecule is Cc1ncsc1CN(C)C[C@@H]1CCN(Cc2ccc(C#N)cc2)C1. The molecular weight excluding hydrogens is 316 g/mol. The van der Waals surface area contributed by atoms with Crippen molar-refractivity contribution in [3.8, 4) is 6.07 Å². The van der Waals surface area contributed by atoms with Crippen molar-refractivity contribution >= 4 is 11.3 Å². The highest BCUT2D eigenvalue weighted by atomic mass is 32.1. The molecule has 4 nitrogen and oxygen atoms in total. The van der Waals surface area contributed by atoms with Crippen LogP contribution < -0.4 is 0 Å². The smallest absolute Gasteiger partial charge is 0.0991 e. The van der Waals surface area contributed by atoms with Crippen LogP contribution in [0.3, 0.4) is 0 Å². The number of aryl methyl sites for hydroxylation is 1. The number of aromatic nitrogens is 1. The fourth-order valence-electron chi connectivity index (χ4n) is 3.38. The number of hydrogen-bond acceptors (Lipinski definition) is 5. The molecule has 0 aliphatic carbocycles. The molecule has 0 N–H and O–H groups in total. The van der Waals surface area contributed by atoms with E-state index in [0.717, 1.165) is 44.2 Å². The average molecular weight is 340 g/mol. The van der Waals surface area contributed by atoms with E-state index in [1.165, 1.54) is 22.6 Å². The Labute approximate surface area is 148 Å². The summed E-state index contributed by atoms with van der Waals surface area (Å²) in [5.41, 5.74) is 5.13. The van der Waals surface area contributed by atoms with E-state index in [-0.39, 0.29) is 0 Å². The van der Waals surface area contributed by atoms with Crippen LogP contribution in [0.15, 0.2) is 29.8 Å². The first-order valence-electron chi connectivity index (χ1n) is 8.43. The van der Waals surface area contributed by atoms with E-state index in [1.807, 2.05) is 17.6 Å². The zero-order valence-electron chi connectivity index (χ0n) is 14.4. The maximum atomic E-state index is 8.87. The van der Waals surface area contributed by atoms with Crippen LogP contribution in [0, 0.1) is 24.2 Å². The molecule has 2 heterocycles. The van der Waals surface area contributed by atoms with Crippen LogP contribution >= 0.6 is 11.3 Å². The first-order chi connectivity index (χ1) is 11.6. The van der Waals surface area contributed by atoms with Crippen LogP contribution in [0.2, 0.25) is 0 Å². The third-order valence-electron chi connectivity index (χ3n) is 4.69. The number of nitrogens with zero attached hydrogens (tertiary/aromatic N) is 4. The molecule has 0 amide bonds. The summed E-state index contributed by atoms with van der Waals surface area (Å²) in [6.45, 7) is 7.54. The van der Waals surface area contributed by atoms with Gasteiger partial charge in [-0.05, 0) is 50.6 Å². The summed E-state index contributed by atoms with van der Waals surface area (Å²) >= 11 is 1.75. The molecule has 1 aliphatic heterocycles. The van der Waals surface area contributed by atoms with Gasteiger partial charge in [0.05, 0.1) is 22.8 Å². The van der Waals surface area contributed by atoms with E-state index in [9.17, 15) is 0 Å². The van der Waals surface area contributed by atoms with E-state index in [1.54, 1.807) is 11.3 Å². The molecule has 5 heteroatoms. The Kier molecular flexibility index (Phi) is 5.62. The van der Waals surface area contributed by atoms with E-state index < -0.39 is 0 Å². The third-order valence-corrected chi connectivity index (χ3v) is 5.61. The summed E-state index contributed by atoms with van der Waals surface area (Å²) in [4.78, 5) is 10.7. The van der Waals surface area contributed by atoms with Crippen molar-refractivity contribution in [2.24, 2.45) is 5.92 Å². The monoisotopic (exact) mass is 340 g/mol. The third kappa shape index (κ3) is 4.41. The Bertz CT molecular complexity index is 701. The van der Waals surface area contributed by atoms with Crippen molar-refractivity contribution in [1.29, 1.82) is 5.26 Å². The summed E-state index contributed by atoms with van der Waals surface area (Å²) in [7, 11) is 2.21. The Morgan fingerprint density at radius 2 is 2.17 bits per heavy atom. The van der Waals surface area contributed by atoms with Gasteiger partial charge < -0.3 is 4.90 Å². The quantitative estimate of drug-likeness (QED) is 0.809. The number of thiazole rings is 1. The van der Waals surface area contributed by atoms with Gasteiger partial charge in [-0.1, -0.05) is 12.1 Å². The number of likely N-dealkylation sites (tertiary alicyclic amines) is 1. The number of hydrogen-bond donors (Lipinski definition) is 0. The lowest BCUT2D eigenvalue weighted by molar-refractivity contribution is 0.256. The highest BCUT2D eigenvalue weighted by molar-refractivity contribution is 7.09. The van der Waals surface area contributed by atoms with Gasteiger partial charge in [0.2, 0.25) is 0 Å². The molecule has 1 aromatic carbocycles. The van der Waals surface area contributed by atoms with Gasteiger partial charge in [-0.2, -0.15) is 5.26 Å². The minimum atomic E-state index is 0.734. The Morgan fingerprint density at radius 3 is 2.83 bits per heavy atom. The minimum Gasteiger partial charge on any atom is -0.301 e. The molecule has 0 spiro atoms. The topological polar surface area (TPSA) is 43.2 Å². The van der Waals surface area contributed by atoms with Crippen molar-refractivity contribution in [2.45, 2.75) is 26.4 Å². The zero-order chi connectivity index (χ0) is 16.9. The molecule has 2 aromatic rings. The number of benzene rings is 1. The number of nitriles is 1. The molecule has 1 aromatic heterocycles. The summed E-state index contributed by atoms with van der Waals surface area (Å²) < 4.78 is 0. The normalized spacial score (nSPS) is 18.2. The molecule has 0 unspecified atom stereocenters. The van der Waals surface area contributed by atoms with E-state index in [2.05, 4.69) is 47.0 Å². The second-order valence-electron chi connectivity index (χ2n) is 6.76. The summed E-state index contributed by atoms with van der Waals surface area (Å²) in [6.07, 6.45) is 1.27. The molecule has 1 atom stereocenters. The largest absolute Gasteiger partial charge is 0.301 e. The van der Waals surface area contributed by atoms with Gasteiger partial charge in [0.15, 0.2) is 0 Å². The standard InChI is InChI=1S/C19H24N4S/c1-15-19(24-14-21-15)13-22(2)10-18-7-8-23(12-18)11-17-5-3-16(9-20)4-6-17/h3-6,14,18H,7-8,10-13H2,1-2H3/t18-/m0/s1. The summed E-state index contributed by atoms with van der Waals surface area (Å²) in [5.74, 6) is 0.738. The Balaban J connectivity index is 1.46. The molecule has 0 bridgehead atoms. The lowest BCUT2D eigenvalue weighted by Crippen LogP contribution is -2.28. The van der Waals surface area contributed by atoms with Crippen LogP contribution in [0.1, 0.15) is 28.1 Å². The maximum Gasteiger partial charge on any atom is 0.0991 e. The Hall–Kier alpha value is -1.74. The minimum absolute atomic E-state index is 0.734. The fourth-order valence-corrected chi connectivity index (χ4v) is 4.23. The first-order valence-corrected chi connectivity index (χ1v) is 9.31. The Morgan fingerprint density at radius 1 is 1.38 bits per heavy atom. The molecule has 1 aliphatic rings. The van der Waals surface area contributed by atoms with Crippen molar-refractivity contribution < 1.29 is 0 Å². The second kappa shape index (κ2) is 7.89. The van der Waals surface area contributed by atoms with Crippen LogP contribution in [-0.4, -0.2) is 41.5 Å². The predicted molar refractivity (Wildman–Crippen MR) is 97.7 cm³/mol.